The van der Waals surface area contributed by atoms with Crippen molar-refractivity contribution >= 4 is 22.5 Å². The van der Waals surface area contributed by atoms with Gasteiger partial charge in [-0.15, -0.1) is 0 Å². The van der Waals surface area contributed by atoms with E-state index >= 15 is 0 Å². The third-order valence-corrected chi connectivity index (χ3v) is 8.55. The molecule has 0 bridgehead atoms. The third-order valence-electron chi connectivity index (χ3n) is 5.67. The number of aliphatic hydroxyl groups excluding tert-OH is 3. The van der Waals surface area contributed by atoms with Gasteiger partial charge in [0.15, 0.2) is 0 Å². The average Bonchev–Trinajstić information content (AvgIpc) is 2.78. The second kappa shape index (κ2) is 12.2. The van der Waals surface area contributed by atoms with Crippen LogP contribution in [0.4, 0.5) is 0 Å². The lowest BCUT2D eigenvalue weighted by Gasteiger charge is -2.42. The standard InChI is InChI=1S/C24H33ClO6S/c1-29-9-10-30-11-12-31-19-6-3-16(4-7-19)13-18-14-17(5-8-20(18)25)24-23(28)22(27)21(26)15-32(24)2/h3-8,14,21-24,26-28,32H,9-13,15H2,1-2H3/t21-,22-,23-,24+/m1/s1. The van der Waals surface area contributed by atoms with Crippen molar-refractivity contribution in [2.75, 3.05) is 45.5 Å². The smallest absolute Gasteiger partial charge is 0.119 e. The molecule has 0 spiro atoms. The maximum Gasteiger partial charge on any atom is 0.119 e. The maximum absolute atomic E-state index is 10.6. The van der Waals surface area contributed by atoms with Crippen LogP contribution in [0.2, 0.25) is 5.02 Å². The van der Waals surface area contributed by atoms with E-state index < -0.39 is 29.2 Å². The summed E-state index contributed by atoms with van der Waals surface area (Å²) in [5, 5.41) is 31.2. The molecule has 0 radical (unpaired) electrons. The van der Waals surface area contributed by atoms with Crippen LogP contribution in [0.15, 0.2) is 42.5 Å². The van der Waals surface area contributed by atoms with Crippen LogP contribution in [-0.4, -0.2) is 79.2 Å². The fourth-order valence-corrected chi connectivity index (χ4v) is 6.53. The lowest BCUT2D eigenvalue weighted by molar-refractivity contribution is -0.0561. The summed E-state index contributed by atoms with van der Waals surface area (Å²) >= 11 is 6.47. The minimum absolute atomic E-state index is 0.193. The van der Waals surface area contributed by atoms with Crippen molar-refractivity contribution < 1.29 is 29.5 Å². The second-order valence-electron chi connectivity index (χ2n) is 8.06. The summed E-state index contributed by atoms with van der Waals surface area (Å²) in [7, 11) is 0.970. The van der Waals surface area contributed by atoms with E-state index in [1.165, 1.54) is 0 Å². The minimum atomic E-state index is -1.13. The highest BCUT2D eigenvalue weighted by molar-refractivity contribution is 8.16. The normalized spacial score (nSPS) is 26.8. The summed E-state index contributed by atoms with van der Waals surface area (Å²) in [6.45, 7) is 2.10. The van der Waals surface area contributed by atoms with Crippen LogP contribution in [0.3, 0.4) is 0 Å². The molecule has 8 heteroatoms. The molecule has 5 atom stereocenters. The Morgan fingerprint density at radius 3 is 2.41 bits per heavy atom. The van der Waals surface area contributed by atoms with Gasteiger partial charge in [0.25, 0.3) is 0 Å². The van der Waals surface area contributed by atoms with E-state index in [2.05, 4.69) is 0 Å². The Morgan fingerprint density at radius 1 is 0.969 bits per heavy atom. The summed E-state index contributed by atoms with van der Waals surface area (Å²) in [4.78, 5) is 0. The molecule has 178 valence electrons. The Bertz CT molecular complexity index is 849. The van der Waals surface area contributed by atoms with Crippen LogP contribution in [0.5, 0.6) is 5.75 Å². The summed E-state index contributed by atoms with van der Waals surface area (Å²) in [6, 6.07) is 13.6. The van der Waals surface area contributed by atoms with E-state index in [1.54, 1.807) is 7.11 Å². The first-order valence-corrected chi connectivity index (χ1v) is 13.1. The minimum Gasteiger partial charge on any atom is -0.491 e. The van der Waals surface area contributed by atoms with Crippen molar-refractivity contribution in [2.45, 2.75) is 30.0 Å². The Morgan fingerprint density at radius 2 is 1.69 bits per heavy atom. The molecule has 0 saturated carbocycles. The molecule has 0 amide bonds. The summed E-state index contributed by atoms with van der Waals surface area (Å²) in [6.07, 6.45) is -0.298. The van der Waals surface area contributed by atoms with Gasteiger partial charge in [-0.1, -0.05) is 35.9 Å². The third kappa shape index (κ3) is 6.60. The van der Waals surface area contributed by atoms with Gasteiger partial charge in [0.1, 0.15) is 18.5 Å². The van der Waals surface area contributed by atoms with Gasteiger partial charge in [-0.2, -0.15) is 0 Å². The highest BCUT2D eigenvalue weighted by Gasteiger charge is 2.40. The average molecular weight is 485 g/mol. The van der Waals surface area contributed by atoms with Crippen molar-refractivity contribution in [1.82, 2.24) is 0 Å². The van der Waals surface area contributed by atoms with Crippen LogP contribution in [0, 0.1) is 0 Å². The molecule has 32 heavy (non-hydrogen) atoms. The van der Waals surface area contributed by atoms with Gasteiger partial charge < -0.3 is 29.5 Å². The number of rotatable bonds is 10. The molecule has 1 heterocycles. The van der Waals surface area contributed by atoms with E-state index in [0.717, 1.165) is 22.4 Å². The predicted molar refractivity (Wildman–Crippen MR) is 129 cm³/mol. The number of hydrogen-bond donors (Lipinski definition) is 4. The number of ether oxygens (including phenoxy) is 3. The van der Waals surface area contributed by atoms with Crippen molar-refractivity contribution in [3.8, 4) is 5.75 Å². The Hall–Kier alpha value is -1.32. The first-order valence-electron chi connectivity index (χ1n) is 10.7. The van der Waals surface area contributed by atoms with Gasteiger partial charge in [-0.3, -0.25) is 0 Å². The second-order valence-corrected chi connectivity index (χ2v) is 10.9. The molecule has 1 saturated heterocycles. The first kappa shape index (κ1) is 25.3. The van der Waals surface area contributed by atoms with Crippen LogP contribution >= 0.6 is 22.5 Å². The molecule has 6 nitrogen and oxygen atoms in total. The topological polar surface area (TPSA) is 88.4 Å². The lowest BCUT2D eigenvalue weighted by atomic mass is 9.96. The Labute approximate surface area is 197 Å². The van der Waals surface area contributed by atoms with E-state index in [0.29, 0.717) is 43.6 Å². The first-order chi connectivity index (χ1) is 15.4. The maximum atomic E-state index is 10.6. The number of thiol groups is 1. The molecule has 2 aromatic carbocycles. The zero-order valence-electron chi connectivity index (χ0n) is 18.5. The molecule has 1 aliphatic heterocycles. The van der Waals surface area contributed by atoms with E-state index in [4.69, 9.17) is 25.8 Å². The zero-order valence-corrected chi connectivity index (χ0v) is 20.1. The van der Waals surface area contributed by atoms with Gasteiger partial charge in [-0.25, -0.2) is 10.9 Å². The lowest BCUT2D eigenvalue weighted by Crippen LogP contribution is -2.47. The fraction of sp³-hybridized carbons (Fsp3) is 0.500. The molecule has 1 unspecified atom stereocenters. The molecule has 1 fully saturated rings. The summed E-state index contributed by atoms with van der Waals surface area (Å²) in [5.41, 5.74) is 3.00. The molecule has 3 rings (SSSR count). The Kier molecular flexibility index (Phi) is 9.67. The van der Waals surface area contributed by atoms with E-state index in [1.807, 2.05) is 48.7 Å². The molecule has 1 aliphatic rings. The number of benzene rings is 2. The summed E-state index contributed by atoms with van der Waals surface area (Å²) < 4.78 is 16.0. The van der Waals surface area contributed by atoms with Gasteiger partial charge in [0, 0.05) is 23.1 Å². The SMILES string of the molecule is COCCOCCOc1ccc(Cc2cc([C@H]3[C@H](O)[C@H](O)[C@H](O)C[SH]3C)ccc2Cl)cc1. The van der Waals surface area contributed by atoms with Crippen LogP contribution in [-0.2, 0) is 15.9 Å². The largest absolute Gasteiger partial charge is 0.491 e. The number of aliphatic hydroxyl groups is 3. The van der Waals surface area contributed by atoms with Crippen LogP contribution in [0.25, 0.3) is 0 Å². The molecular weight excluding hydrogens is 452 g/mol. The number of hydrogen-bond acceptors (Lipinski definition) is 6. The Balaban J connectivity index is 1.63. The fourth-order valence-electron chi connectivity index (χ4n) is 3.94. The van der Waals surface area contributed by atoms with Crippen molar-refractivity contribution in [3.05, 3.63) is 64.2 Å². The number of halogens is 1. The van der Waals surface area contributed by atoms with Crippen molar-refractivity contribution in [3.63, 3.8) is 0 Å². The van der Waals surface area contributed by atoms with Gasteiger partial charge in [0.2, 0.25) is 0 Å². The van der Waals surface area contributed by atoms with Crippen LogP contribution < -0.4 is 4.74 Å². The quantitative estimate of drug-likeness (QED) is 0.306. The molecular formula is C24H33ClO6S. The molecule has 0 aromatic heterocycles. The highest BCUT2D eigenvalue weighted by Crippen LogP contribution is 2.48. The van der Waals surface area contributed by atoms with Gasteiger partial charge in [0.05, 0.1) is 32.0 Å². The molecule has 3 N–H and O–H groups in total. The van der Waals surface area contributed by atoms with E-state index in [9.17, 15) is 15.3 Å². The van der Waals surface area contributed by atoms with Gasteiger partial charge >= 0.3 is 0 Å². The summed E-state index contributed by atoms with van der Waals surface area (Å²) in [5.74, 6) is 1.29. The van der Waals surface area contributed by atoms with Crippen molar-refractivity contribution in [2.24, 2.45) is 0 Å². The zero-order chi connectivity index (χ0) is 23.1. The van der Waals surface area contributed by atoms with E-state index in [-0.39, 0.29) is 5.25 Å². The highest BCUT2D eigenvalue weighted by atomic mass is 35.5. The number of methoxy groups -OCH3 is 1. The monoisotopic (exact) mass is 484 g/mol. The predicted octanol–water partition coefficient (Wildman–Crippen LogP) is 2.74. The van der Waals surface area contributed by atoms with Gasteiger partial charge in [-0.05, 0) is 47.6 Å². The van der Waals surface area contributed by atoms with Crippen molar-refractivity contribution in [1.29, 1.82) is 0 Å². The van der Waals surface area contributed by atoms with Crippen LogP contribution in [0.1, 0.15) is 21.9 Å². The molecule has 0 aliphatic carbocycles. The molecule has 2 aromatic rings.